The Morgan fingerprint density at radius 1 is 1.19 bits per heavy atom. The van der Waals surface area contributed by atoms with Gasteiger partial charge in [-0.3, -0.25) is 9.20 Å². The number of pyridine rings is 1. The van der Waals surface area contributed by atoms with Crippen LogP contribution in [0.2, 0.25) is 0 Å². The van der Waals surface area contributed by atoms with Gasteiger partial charge in [-0.2, -0.15) is 0 Å². The minimum atomic E-state index is 0.548. The molecule has 1 aromatic carbocycles. The summed E-state index contributed by atoms with van der Waals surface area (Å²) >= 11 is 0. The average molecular weight is 280 g/mol. The van der Waals surface area contributed by atoms with Gasteiger partial charge in [0, 0.05) is 11.3 Å². The molecule has 0 amide bonds. The van der Waals surface area contributed by atoms with Gasteiger partial charge in [0.15, 0.2) is 6.29 Å². The van der Waals surface area contributed by atoms with Gasteiger partial charge in [0.05, 0.1) is 7.11 Å². The molecule has 0 bridgehead atoms. The predicted molar refractivity (Wildman–Crippen MR) is 82.0 cm³/mol. The highest BCUT2D eigenvalue weighted by Gasteiger charge is 2.17. The van der Waals surface area contributed by atoms with Gasteiger partial charge in [-0.05, 0) is 38.1 Å². The van der Waals surface area contributed by atoms with Crippen LogP contribution in [0.4, 0.5) is 0 Å². The zero-order chi connectivity index (χ0) is 15.0. The zero-order valence-corrected chi connectivity index (χ0v) is 12.3. The first kappa shape index (κ1) is 13.4. The molecule has 0 saturated heterocycles. The summed E-state index contributed by atoms with van der Waals surface area (Å²) in [7, 11) is 1.62. The maximum absolute atomic E-state index is 11.6. The fraction of sp³-hybridized carbons (Fsp3) is 0.176. The molecule has 0 aliphatic carbocycles. The van der Waals surface area contributed by atoms with Crippen molar-refractivity contribution in [2.45, 2.75) is 13.8 Å². The number of hydrogen-bond acceptors (Lipinski definition) is 3. The average Bonchev–Trinajstić information content (AvgIpc) is 2.87. The molecule has 0 fully saturated rings. The van der Waals surface area contributed by atoms with Crippen LogP contribution in [0.15, 0.2) is 36.4 Å². The standard InChI is InChI=1S/C17H16N2O2/c1-11-7-8-15(21-3)13(9-11)17-14(10-20)19-12(2)5-4-6-16(19)18-17/h4-10H,1-3H3. The summed E-state index contributed by atoms with van der Waals surface area (Å²) in [5.74, 6) is 0.713. The number of nitrogens with zero attached hydrogens (tertiary/aromatic N) is 2. The van der Waals surface area contributed by atoms with Crippen LogP contribution < -0.4 is 4.74 Å². The van der Waals surface area contributed by atoms with E-state index in [2.05, 4.69) is 4.98 Å². The molecule has 0 aliphatic heterocycles. The van der Waals surface area contributed by atoms with Crippen LogP contribution in [0.3, 0.4) is 0 Å². The molecule has 0 spiro atoms. The van der Waals surface area contributed by atoms with Crippen LogP contribution >= 0.6 is 0 Å². The number of aryl methyl sites for hydroxylation is 2. The molecule has 0 radical (unpaired) electrons. The molecule has 106 valence electrons. The second kappa shape index (κ2) is 5.05. The number of carbonyl (C=O) groups is 1. The number of hydrogen-bond donors (Lipinski definition) is 0. The lowest BCUT2D eigenvalue weighted by Gasteiger charge is -2.08. The first-order chi connectivity index (χ1) is 10.2. The Hall–Kier alpha value is -2.62. The molecule has 2 heterocycles. The van der Waals surface area contributed by atoms with Crippen LogP contribution in [-0.2, 0) is 0 Å². The minimum absolute atomic E-state index is 0.548. The van der Waals surface area contributed by atoms with E-state index in [0.29, 0.717) is 17.1 Å². The molecule has 0 unspecified atom stereocenters. The quantitative estimate of drug-likeness (QED) is 0.690. The van der Waals surface area contributed by atoms with Crippen LogP contribution in [0.5, 0.6) is 5.75 Å². The van der Waals surface area contributed by atoms with Crippen molar-refractivity contribution in [3.8, 4) is 17.0 Å². The van der Waals surface area contributed by atoms with E-state index < -0.39 is 0 Å². The Labute approximate surface area is 123 Å². The van der Waals surface area contributed by atoms with E-state index in [1.54, 1.807) is 7.11 Å². The lowest BCUT2D eigenvalue weighted by atomic mass is 10.1. The number of aldehydes is 1. The van der Waals surface area contributed by atoms with Gasteiger partial charge in [-0.1, -0.05) is 17.7 Å². The smallest absolute Gasteiger partial charge is 0.169 e. The molecule has 3 aromatic rings. The third-order valence-corrected chi connectivity index (χ3v) is 3.60. The van der Waals surface area contributed by atoms with E-state index in [1.807, 2.05) is 54.6 Å². The molecule has 0 aliphatic rings. The summed E-state index contributed by atoms with van der Waals surface area (Å²) in [5.41, 5.74) is 4.86. The van der Waals surface area contributed by atoms with Crippen molar-refractivity contribution >= 4 is 11.9 Å². The Balaban J connectivity index is 2.38. The molecule has 0 N–H and O–H groups in total. The van der Waals surface area contributed by atoms with Crippen molar-refractivity contribution in [1.82, 2.24) is 9.38 Å². The van der Waals surface area contributed by atoms with E-state index >= 15 is 0 Å². The first-order valence-corrected chi connectivity index (χ1v) is 6.74. The number of rotatable bonds is 3. The summed E-state index contributed by atoms with van der Waals surface area (Å²) in [6, 6.07) is 11.7. The van der Waals surface area contributed by atoms with Crippen LogP contribution in [-0.4, -0.2) is 22.8 Å². The zero-order valence-electron chi connectivity index (χ0n) is 12.3. The van der Waals surface area contributed by atoms with Crippen molar-refractivity contribution in [1.29, 1.82) is 0 Å². The number of methoxy groups -OCH3 is 1. The second-order valence-corrected chi connectivity index (χ2v) is 5.03. The van der Waals surface area contributed by atoms with E-state index in [-0.39, 0.29) is 0 Å². The van der Waals surface area contributed by atoms with Crippen molar-refractivity contribution in [2.75, 3.05) is 7.11 Å². The molecule has 21 heavy (non-hydrogen) atoms. The lowest BCUT2D eigenvalue weighted by Crippen LogP contribution is -1.97. The predicted octanol–water partition coefficient (Wildman–Crippen LogP) is 3.44. The van der Waals surface area contributed by atoms with Gasteiger partial charge in [-0.25, -0.2) is 4.98 Å². The summed E-state index contributed by atoms with van der Waals surface area (Å²) < 4.78 is 7.28. The highest BCUT2D eigenvalue weighted by molar-refractivity contribution is 5.88. The Morgan fingerprint density at radius 2 is 2.00 bits per heavy atom. The number of ether oxygens (including phenoxy) is 1. The molecule has 0 saturated carbocycles. The number of carbonyl (C=O) groups excluding carboxylic acids is 1. The van der Waals surface area contributed by atoms with Crippen molar-refractivity contribution < 1.29 is 9.53 Å². The largest absolute Gasteiger partial charge is 0.496 e. The van der Waals surface area contributed by atoms with Crippen molar-refractivity contribution in [3.05, 3.63) is 53.3 Å². The molecule has 2 aromatic heterocycles. The second-order valence-electron chi connectivity index (χ2n) is 5.03. The van der Waals surface area contributed by atoms with Gasteiger partial charge < -0.3 is 4.74 Å². The highest BCUT2D eigenvalue weighted by atomic mass is 16.5. The van der Waals surface area contributed by atoms with E-state index in [9.17, 15) is 4.79 Å². The Kier molecular flexibility index (Phi) is 3.22. The maximum atomic E-state index is 11.6. The van der Waals surface area contributed by atoms with Crippen LogP contribution in [0.1, 0.15) is 21.7 Å². The van der Waals surface area contributed by atoms with E-state index in [0.717, 1.165) is 28.8 Å². The summed E-state index contributed by atoms with van der Waals surface area (Å²) in [6.07, 6.45) is 0.851. The van der Waals surface area contributed by atoms with Gasteiger partial charge in [-0.15, -0.1) is 0 Å². The fourth-order valence-corrected chi connectivity index (χ4v) is 2.60. The van der Waals surface area contributed by atoms with Crippen molar-refractivity contribution in [2.24, 2.45) is 0 Å². The third kappa shape index (κ3) is 2.09. The van der Waals surface area contributed by atoms with Crippen LogP contribution in [0, 0.1) is 13.8 Å². The minimum Gasteiger partial charge on any atom is -0.496 e. The molecule has 4 heteroatoms. The topological polar surface area (TPSA) is 43.6 Å². The third-order valence-electron chi connectivity index (χ3n) is 3.60. The van der Waals surface area contributed by atoms with E-state index in [4.69, 9.17) is 4.74 Å². The lowest BCUT2D eigenvalue weighted by molar-refractivity contribution is 0.111. The normalized spacial score (nSPS) is 10.8. The Morgan fingerprint density at radius 3 is 2.71 bits per heavy atom. The molecule has 0 atom stereocenters. The SMILES string of the molecule is COc1ccc(C)cc1-c1nc2cccc(C)n2c1C=O. The van der Waals surface area contributed by atoms with Gasteiger partial charge in [0.2, 0.25) is 0 Å². The molecular formula is C17H16N2O2. The summed E-state index contributed by atoms with van der Waals surface area (Å²) in [5, 5.41) is 0. The fourth-order valence-electron chi connectivity index (χ4n) is 2.60. The van der Waals surface area contributed by atoms with Gasteiger partial charge in [0.25, 0.3) is 0 Å². The summed E-state index contributed by atoms with van der Waals surface area (Å²) in [4.78, 5) is 16.2. The van der Waals surface area contributed by atoms with Crippen molar-refractivity contribution in [3.63, 3.8) is 0 Å². The highest BCUT2D eigenvalue weighted by Crippen LogP contribution is 2.33. The number of aromatic nitrogens is 2. The number of benzene rings is 1. The van der Waals surface area contributed by atoms with Gasteiger partial charge >= 0.3 is 0 Å². The number of imidazole rings is 1. The number of fused-ring (bicyclic) bond motifs is 1. The summed E-state index contributed by atoms with van der Waals surface area (Å²) in [6.45, 7) is 3.96. The molecule has 3 rings (SSSR count). The maximum Gasteiger partial charge on any atom is 0.169 e. The van der Waals surface area contributed by atoms with E-state index in [1.165, 1.54) is 0 Å². The molecule has 4 nitrogen and oxygen atoms in total. The molecular weight excluding hydrogens is 264 g/mol. The van der Waals surface area contributed by atoms with Gasteiger partial charge in [0.1, 0.15) is 22.8 Å². The first-order valence-electron chi connectivity index (χ1n) is 6.74. The van der Waals surface area contributed by atoms with Crippen LogP contribution in [0.25, 0.3) is 16.9 Å². The Bertz CT molecular complexity index is 834. The monoisotopic (exact) mass is 280 g/mol.